The molecule has 0 spiro atoms. The first-order valence-electron chi connectivity index (χ1n) is 5.95. The van der Waals surface area contributed by atoms with Crippen LogP contribution in [-0.2, 0) is 4.79 Å². The van der Waals surface area contributed by atoms with E-state index in [1.165, 1.54) is 17.3 Å². The molecule has 0 saturated heterocycles. The number of thioether (sulfide) groups is 1. The lowest BCUT2D eigenvalue weighted by Crippen LogP contribution is -2.13. The molecular weight excluding hydrogens is 276 g/mol. The van der Waals surface area contributed by atoms with Gasteiger partial charge in [0.1, 0.15) is 0 Å². The fourth-order valence-electron chi connectivity index (χ4n) is 1.70. The topological polar surface area (TPSA) is 55.1 Å². The average molecular weight is 292 g/mol. The van der Waals surface area contributed by atoms with Gasteiger partial charge in [-0.2, -0.15) is 11.3 Å². The Bertz CT molecular complexity index is 540. The van der Waals surface area contributed by atoms with E-state index in [9.17, 15) is 4.79 Å². The number of para-hydroxylation sites is 1. The monoisotopic (exact) mass is 292 g/mol. The number of hydrogen-bond acceptors (Lipinski definition) is 4. The highest BCUT2D eigenvalue weighted by Gasteiger charge is 2.09. The lowest BCUT2D eigenvalue weighted by molar-refractivity contribution is -0.115. The van der Waals surface area contributed by atoms with Crippen LogP contribution in [0.25, 0.3) is 0 Å². The van der Waals surface area contributed by atoms with E-state index in [4.69, 9.17) is 5.73 Å². The number of thiophene rings is 1. The summed E-state index contributed by atoms with van der Waals surface area (Å²) in [5, 5.41) is 7.68. The number of carbonyl (C=O) groups excluding carboxylic acids is 1. The van der Waals surface area contributed by atoms with E-state index in [2.05, 4.69) is 29.1 Å². The molecule has 19 heavy (non-hydrogen) atoms. The summed E-state index contributed by atoms with van der Waals surface area (Å²) in [7, 11) is 0. The Balaban J connectivity index is 2.09. The number of rotatable bonds is 6. The predicted octanol–water partition coefficient (Wildman–Crippen LogP) is 3.50. The van der Waals surface area contributed by atoms with Crippen molar-refractivity contribution in [3.05, 3.63) is 46.7 Å². The summed E-state index contributed by atoms with van der Waals surface area (Å²) in [6.45, 7) is 2.12. The van der Waals surface area contributed by atoms with Crippen LogP contribution in [0.1, 0.15) is 18.5 Å². The highest BCUT2D eigenvalue weighted by Crippen LogP contribution is 2.30. The SMILES string of the molecule is CC(Nc1ccccc1SCC(N)=O)c1ccsc1. The summed E-state index contributed by atoms with van der Waals surface area (Å²) in [5.41, 5.74) is 7.49. The normalized spacial score (nSPS) is 12.1. The summed E-state index contributed by atoms with van der Waals surface area (Å²) >= 11 is 3.15. The van der Waals surface area contributed by atoms with Crippen LogP contribution >= 0.6 is 23.1 Å². The van der Waals surface area contributed by atoms with Crippen molar-refractivity contribution in [2.24, 2.45) is 5.73 Å². The number of benzene rings is 1. The summed E-state index contributed by atoms with van der Waals surface area (Å²) in [5.74, 6) is -0.00314. The van der Waals surface area contributed by atoms with Gasteiger partial charge in [-0.25, -0.2) is 0 Å². The largest absolute Gasteiger partial charge is 0.378 e. The number of nitrogens with two attached hydrogens (primary N) is 1. The van der Waals surface area contributed by atoms with Gasteiger partial charge in [-0.3, -0.25) is 4.79 Å². The van der Waals surface area contributed by atoms with Crippen molar-refractivity contribution in [3.63, 3.8) is 0 Å². The van der Waals surface area contributed by atoms with Gasteiger partial charge in [-0.1, -0.05) is 12.1 Å². The van der Waals surface area contributed by atoms with E-state index in [1.54, 1.807) is 11.3 Å². The van der Waals surface area contributed by atoms with Gasteiger partial charge < -0.3 is 11.1 Å². The maximum absolute atomic E-state index is 10.9. The molecule has 3 nitrogen and oxygen atoms in total. The quantitative estimate of drug-likeness (QED) is 0.801. The Kier molecular flexibility index (Phi) is 4.87. The van der Waals surface area contributed by atoms with E-state index in [0.29, 0.717) is 5.75 Å². The lowest BCUT2D eigenvalue weighted by Gasteiger charge is -2.17. The summed E-state index contributed by atoms with van der Waals surface area (Å²) < 4.78 is 0. The summed E-state index contributed by atoms with van der Waals surface area (Å²) in [4.78, 5) is 11.9. The third-order valence-electron chi connectivity index (χ3n) is 2.67. The van der Waals surface area contributed by atoms with E-state index < -0.39 is 0 Å². The molecule has 5 heteroatoms. The van der Waals surface area contributed by atoms with Crippen LogP contribution < -0.4 is 11.1 Å². The predicted molar refractivity (Wildman–Crippen MR) is 82.7 cm³/mol. The maximum atomic E-state index is 10.9. The third-order valence-corrected chi connectivity index (χ3v) is 4.47. The Morgan fingerprint density at radius 3 is 2.89 bits per heavy atom. The van der Waals surface area contributed by atoms with Crippen LogP contribution in [-0.4, -0.2) is 11.7 Å². The Morgan fingerprint density at radius 2 is 2.21 bits per heavy atom. The Hall–Kier alpha value is -1.46. The molecule has 2 rings (SSSR count). The van der Waals surface area contributed by atoms with Crippen LogP contribution in [0.2, 0.25) is 0 Å². The van der Waals surface area contributed by atoms with E-state index >= 15 is 0 Å². The van der Waals surface area contributed by atoms with Crippen LogP contribution in [0.15, 0.2) is 46.0 Å². The zero-order valence-electron chi connectivity index (χ0n) is 10.6. The number of anilines is 1. The molecule has 1 atom stereocenters. The minimum atomic E-state index is -0.300. The number of primary amides is 1. The molecule has 1 aromatic heterocycles. The van der Waals surface area contributed by atoms with Gasteiger partial charge in [0.25, 0.3) is 0 Å². The van der Waals surface area contributed by atoms with E-state index in [1.807, 2.05) is 24.3 Å². The number of carbonyl (C=O) groups is 1. The molecule has 0 bridgehead atoms. The van der Waals surface area contributed by atoms with Crippen molar-refractivity contribution in [1.82, 2.24) is 0 Å². The van der Waals surface area contributed by atoms with Crippen molar-refractivity contribution < 1.29 is 4.79 Å². The van der Waals surface area contributed by atoms with Gasteiger partial charge in [0, 0.05) is 16.6 Å². The summed E-state index contributed by atoms with van der Waals surface area (Å²) in [6.07, 6.45) is 0. The third kappa shape index (κ3) is 4.01. The zero-order valence-corrected chi connectivity index (χ0v) is 12.3. The maximum Gasteiger partial charge on any atom is 0.227 e. The molecule has 0 aliphatic heterocycles. The van der Waals surface area contributed by atoms with Gasteiger partial charge >= 0.3 is 0 Å². The number of nitrogens with one attached hydrogen (secondary N) is 1. The smallest absolute Gasteiger partial charge is 0.227 e. The van der Waals surface area contributed by atoms with Gasteiger partial charge in [0.2, 0.25) is 5.91 Å². The Morgan fingerprint density at radius 1 is 1.42 bits per heavy atom. The van der Waals surface area contributed by atoms with Crippen LogP contribution in [0, 0.1) is 0 Å². The second-order valence-electron chi connectivity index (χ2n) is 4.17. The van der Waals surface area contributed by atoms with Crippen molar-refractivity contribution in [1.29, 1.82) is 0 Å². The van der Waals surface area contributed by atoms with Crippen molar-refractivity contribution in [2.75, 3.05) is 11.1 Å². The minimum Gasteiger partial charge on any atom is -0.378 e. The molecule has 0 aliphatic carbocycles. The van der Waals surface area contributed by atoms with Crippen LogP contribution in [0.5, 0.6) is 0 Å². The van der Waals surface area contributed by atoms with Crippen molar-refractivity contribution in [2.45, 2.75) is 17.9 Å². The molecule has 0 fully saturated rings. The van der Waals surface area contributed by atoms with Crippen LogP contribution in [0.4, 0.5) is 5.69 Å². The molecule has 1 aromatic carbocycles. The highest BCUT2D eigenvalue weighted by molar-refractivity contribution is 8.00. The molecule has 1 heterocycles. The standard InChI is InChI=1S/C14H16N2OS2/c1-10(11-6-7-18-8-11)16-12-4-2-3-5-13(12)19-9-14(15)17/h2-8,10,16H,9H2,1H3,(H2,15,17). The lowest BCUT2D eigenvalue weighted by atomic mass is 10.1. The molecule has 1 unspecified atom stereocenters. The molecule has 0 aliphatic rings. The molecule has 2 aromatic rings. The van der Waals surface area contributed by atoms with Gasteiger partial charge in [0.15, 0.2) is 0 Å². The summed E-state index contributed by atoms with van der Waals surface area (Å²) in [6, 6.07) is 10.3. The fraction of sp³-hybridized carbons (Fsp3) is 0.214. The number of hydrogen-bond donors (Lipinski definition) is 2. The molecule has 100 valence electrons. The van der Waals surface area contributed by atoms with E-state index in [0.717, 1.165) is 10.6 Å². The van der Waals surface area contributed by atoms with E-state index in [-0.39, 0.29) is 11.9 Å². The molecule has 0 saturated carbocycles. The fourth-order valence-corrected chi connectivity index (χ4v) is 3.21. The second kappa shape index (κ2) is 6.63. The first kappa shape index (κ1) is 14.0. The van der Waals surface area contributed by atoms with Crippen molar-refractivity contribution in [3.8, 4) is 0 Å². The molecular formula is C14H16N2OS2. The highest BCUT2D eigenvalue weighted by atomic mass is 32.2. The van der Waals surface area contributed by atoms with Crippen molar-refractivity contribution >= 4 is 34.7 Å². The zero-order chi connectivity index (χ0) is 13.7. The van der Waals surface area contributed by atoms with Crippen LogP contribution in [0.3, 0.4) is 0 Å². The minimum absolute atomic E-state index is 0.238. The Labute approximate surface area is 121 Å². The van der Waals surface area contributed by atoms with Gasteiger partial charge in [-0.05, 0) is 41.4 Å². The molecule has 3 N–H and O–H groups in total. The first-order valence-corrected chi connectivity index (χ1v) is 7.88. The number of amides is 1. The first-order chi connectivity index (χ1) is 9.16. The molecule has 1 amide bonds. The van der Waals surface area contributed by atoms with Gasteiger partial charge in [-0.15, -0.1) is 11.8 Å². The molecule has 0 radical (unpaired) electrons. The average Bonchev–Trinajstić information content (AvgIpc) is 2.91. The van der Waals surface area contributed by atoms with Gasteiger partial charge in [0.05, 0.1) is 5.75 Å². The second-order valence-corrected chi connectivity index (χ2v) is 5.97.